The number of pyridine rings is 1. The highest BCUT2D eigenvalue weighted by atomic mass is 16.1. The minimum Gasteiger partial charge on any atom is -0.352 e. The van der Waals surface area contributed by atoms with Crippen molar-refractivity contribution >= 4 is 17.0 Å². The van der Waals surface area contributed by atoms with Crippen LogP contribution in [0.15, 0.2) is 47.4 Å². The molecule has 0 amide bonds. The van der Waals surface area contributed by atoms with E-state index in [0.29, 0.717) is 11.9 Å². The number of hydrogen-bond donors (Lipinski definition) is 1. The van der Waals surface area contributed by atoms with Gasteiger partial charge in [0.2, 0.25) is 5.95 Å². The van der Waals surface area contributed by atoms with Crippen molar-refractivity contribution in [1.82, 2.24) is 14.5 Å². The van der Waals surface area contributed by atoms with Gasteiger partial charge in [0.1, 0.15) is 5.65 Å². The lowest BCUT2D eigenvalue weighted by molar-refractivity contribution is 0.511. The van der Waals surface area contributed by atoms with E-state index in [0.717, 1.165) is 41.4 Å². The predicted octanol–water partition coefficient (Wildman–Crippen LogP) is 5.90. The van der Waals surface area contributed by atoms with Gasteiger partial charge in [-0.05, 0) is 43.7 Å². The van der Waals surface area contributed by atoms with Gasteiger partial charge in [-0.2, -0.15) is 4.98 Å². The lowest BCUT2D eigenvalue weighted by atomic mass is 9.93. The molecule has 1 aromatic carbocycles. The molecule has 5 nitrogen and oxygen atoms in total. The second kappa shape index (κ2) is 9.21. The minimum atomic E-state index is 0.0228. The Labute approximate surface area is 184 Å². The molecule has 0 bridgehead atoms. The number of benzene rings is 1. The maximum Gasteiger partial charge on any atom is 0.256 e. The van der Waals surface area contributed by atoms with Gasteiger partial charge in [0.15, 0.2) is 0 Å². The molecule has 5 heteroatoms. The van der Waals surface area contributed by atoms with E-state index in [1.165, 1.54) is 12.8 Å². The third kappa shape index (κ3) is 4.65. The molecule has 1 saturated carbocycles. The van der Waals surface area contributed by atoms with Crippen molar-refractivity contribution in [1.29, 1.82) is 0 Å². The van der Waals surface area contributed by atoms with Crippen molar-refractivity contribution in [3.8, 4) is 0 Å². The Morgan fingerprint density at radius 2 is 1.81 bits per heavy atom. The molecule has 164 valence electrons. The molecule has 1 aliphatic carbocycles. The number of fused-ring (bicyclic) bond motifs is 1. The summed E-state index contributed by atoms with van der Waals surface area (Å²) >= 11 is 0. The summed E-state index contributed by atoms with van der Waals surface area (Å²) in [6.45, 7) is 8.70. The smallest absolute Gasteiger partial charge is 0.256 e. The van der Waals surface area contributed by atoms with E-state index in [2.05, 4.69) is 50.1 Å². The quantitative estimate of drug-likeness (QED) is 0.518. The Morgan fingerprint density at radius 1 is 1.10 bits per heavy atom. The highest BCUT2D eigenvalue weighted by molar-refractivity contribution is 5.76. The first-order valence-corrected chi connectivity index (χ1v) is 11.7. The molecular formula is C26H34N4O. The predicted molar refractivity (Wildman–Crippen MR) is 128 cm³/mol. The Morgan fingerprint density at radius 3 is 2.48 bits per heavy atom. The number of nitrogens with zero attached hydrogens (tertiary/aromatic N) is 3. The molecule has 0 aliphatic heterocycles. The molecule has 0 saturated heterocycles. The largest absolute Gasteiger partial charge is 0.352 e. The summed E-state index contributed by atoms with van der Waals surface area (Å²) < 4.78 is 1.97. The Kier molecular flexibility index (Phi) is 6.40. The van der Waals surface area contributed by atoms with Gasteiger partial charge in [0.05, 0.1) is 0 Å². The summed E-state index contributed by atoms with van der Waals surface area (Å²) in [6, 6.07) is 12.7. The van der Waals surface area contributed by atoms with Gasteiger partial charge in [-0.3, -0.25) is 9.36 Å². The lowest BCUT2D eigenvalue weighted by Gasteiger charge is -2.21. The van der Waals surface area contributed by atoms with E-state index in [1.54, 1.807) is 0 Å². The number of rotatable bonds is 7. The zero-order valence-electron chi connectivity index (χ0n) is 19.1. The summed E-state index contributed by atoms with van der Waals surface area (Å²) in [7, 11) is 0. The Bertz CT molecular complexity index is 1080. The average Bonchev–Trinajstić information content (AvgIpc) is 3.27. The molecule has 0 radical (unpaired) electrons. The second-order valence-corrected chi connectivity index (χ2v) is 9.49. The molecule has 0 spiro atoms. The molecule has 2 aromatic heterocycles. The van der Waals surface area contributed by atoms with Gasteiger partial charge in [-0.25, -0.2) is 4.98 Å². The van der Waals surface area contributed by atoms with Crippen LogP contribution in [0.1, 0.15) is 82.9 Å². The van der Waals surface area contributed by atoms with Gasteiger partial charge < -0.3 is 5.32 Å². The fraction of sp³-hybridized carbons (Fsp3) is 0.500. The average molecular weight is 419 g/mol. The normalized spacial score (nSPS) is 16.7. The fourth-order valence-corrected chi connectivity index (χ4v) is 4.93. The number of nitrogens with one attached hydrogen (secondary N) is 1. The van der Waals surface area contributed by atoms with Crippen molar-refractivity contribution in [2.45, 2.75) is 77.8 Å². The number of aromatic nitrogens is 3. The van der Waals surface area contributed by atoms with Crippen LogP contribution in [0.25, 0.3) is 11.0 Å². The SMILES string of the molecule is CC(C)CC(C)Nc1ncc2cc(C(C)c3ccccc3)c(=O)n(C3CCCC3)c2n1. The van der Waals surface area contributed by atoms with E-state index in [-0.39, 0.29) is 23.6 Å². The van der Waals surface area contributed by atoms with Crippen molar-refractivity contribution in [3.05, 3.63) is 64.1 Å². The van der Waals surface area contributed by atoms with E-state index in [1.807, 2.05) is 35.0 Å². The number of hydrogen-bond acceptors (Lipinski definition) is 4. The van der Waals surface area contributed by atoms with Crippen molar-refractivity contribution in [3.63, 3.8) is 0 Å². The van der Waals surface area contributed by atoms with Gasteiger partial charge in [0, 0.05) is 35.1 Å². The first-order valence-electron chi connectivity index (χ1n) is 11.7. The molecule has 2 heterocycles. The highest BCUT2D eigenvalue weighted by Gasteiger charge is 2.24. The van der Waals surface area contributed by atoms with E-state index < -0.39 is 0 Å². The second-order valence-electron chi connectivity index (χ2n) is 9.49. The monoisotopic (exact) mass is 418 g/mol. The van der Waals surface area contributed by atoms with Crippen molar-refractivity contribution in [2.75, 3.05) is 5.32 Å². The van der Waals surface area contributed by atoms with Crippen LogP contribution in [0.2, 0.25) is 0 Å². The molecule has 4 rings (SSSR count). The standard InChI is InChI=1S/C26H34N4O/c1-17(2)14-18(3)28-26-27-16-21-15-23(19(4)20-10-6-5-7-11-20)25(31)30(24(21)29-26)22-12-8-9-13-22/h5-7,10-11,15-19,22H,8-9,12-14H2,1-4H3,(H,27,28,29). The van der Waals surface area contributed by atoms with Gasteiger partial charge in [-0.15, -0.1) is 0 Å². The molecule has 1 fully saturated rings. The van der Waals surface area contributed by atoms with Crippen LogP contribution >= 0.6 is 0 Å². The maximum absolute atomic E-state index is 13.7. The Balaban J connectivity index is 1.80. The van der Waals surface area contributed by atoms with Crippen molar-refractivity contribution < 1.29 is 0 Å². The van der Waals surface area contributed by atoms with E-state index in [4.69, 9.17) is 4.98 Å². The van der Waals surface area contributed by atoms with Crippen LogP contribution in [0.4, 0.5) is 5.95 Å². The van der Waals surface area contributed by atoms with E-state index >= 15 is 0 Å². The summed E-state index contributed by atoms with van der Waals surface area (Å²) in [4.78, 5) is 23.2. The van der Waals surface area contributed by atoms with E-state index in [9.17, 15) is 4.79 Å². The third-order valence-electron chi connectivity index (χ3n) is 6.46. The molecule has 1 aliphatic rings. The molecule has 1 N–H and O–H groups in total. The van der Waals surface area contributed by atoms with Crippen LogP contribution in [-0.2, 0) is 0 Å². The van der Waals surface area contributed by atoms with Gasteiger partial charge >= 0.3 is 0 Å². The molecule has 2 unspecified atom stereocenters. The number of anilines is 1. The van der Waals surface area contributed by atoms with Crippen LogP contribution < -0.4 is 10.9 Å². The first kappa shape index (κ1) is 21.5. The van der Waals surface area contributed by atoms with Crippen LogP contribution in [0.3, 0.4) is 0 Å². The summed E-state index contributed by atoms with van der Waals surface area (Å²) in [5, 5.41) is 4.36. The summed E-state index contributed by atoms with van der Waals surface area (Å²) in [6.07, 6.45) is 7.32. The topological polar surface area (TPSA) is 59.8 Å². The third-order valence-corrected chi connectivity index (χ3v) is 6.46. The fourth-order valence-electron chi connectivity index (χ4n) is 4.93. The highest BCUT2D eigenvalue weighted by Crippen LogP contribution is 2.32. The first-order chi connectivity index (χ1) is 14.9. The summed E-state index contributed by atoms with van der Waals surface area (Å²) in [5.74, 6) is 1.23. The minimum absolute atomic E-state index is 0.0228. The van der Waals surface area contributed by atoms with Crippen LogP contribution in [-0.4, -0.2) is 20.6 Å². The molecule has 31 heavy (non-hydrogen) atoms. The molecule has 3 aromatic rings. The van der Waals surface area contributed by atoms with Crippen LogP contribution in [0.5, 0.6) is 0 Å². The van der Waals surface area contributed by atoms with Crippen LogP contribution in [0, 0.1) is 5.92 Å². The molecular weight excluding hydrogens is 384 g/mol. The Hall–Kier alpha value is -2.69. The van der Waals surface area contributed by atoms with Gasteiger partial charge in [0.25, 0.3) is 5.56 Å². The van der Waals surface area contributed by atoms with Gasteiger partial charge in [-0.1, -0.05) is 63.9 Å². The lowest BCUT2D eigenvalue weighted by Crippen LogP contribution is -2.29. The van der Waals surface area contributed by atoms with Crippen molar-refractivity contribution in [2.24, 2.45) is 5.92 Å². The maximum atomic E-state index is 13.7. The summed E-state index contributed by atoms with van der Waals surface area (Å²) in [5.41, 5.74) is 2.83. The zero-order chi connectivity index (χ0) is 22.0. The molecule has 2 atom stereocenters. The zero-order valence-corrected chi connectivity index (χ0v) is 19.1.